The average Bonchev–Trinajstić information content (AvgIpc) is 2.87. The number of carbonyl (C=O) groups is 1. The summed E-state index contributed by atoms with van der Waals surface area (Å²) < 4.78 is 7.10. The molecule has 0 atom stereocenters. The molecule has 0 N–H and O–H groups in total. The van der Waals surface area contributed by atoms with Crippen LogP contribution in [0.5, 0.6) is 0 Å². The summed E-state index contributed by atoms with van der Waals surface area (Å²) in [6.07, 6.45) is 3.12. The molecular formula is C20H20ClN3O2. The van der Waals surface area contributed by atoms with Gasteiger partial charge < -0.3 is 4.74 Å². The van der Waals surface area contributed by atoms with Crippen LogP contribution in [0.15, 0.2) is 30.3 Å². The number of para-hydroxylation sites is 1. The van der Waals surface area contributed by atoms with Crippen molar-refractivity contribution in [3.05, 3.63) is 63.6 Å². The molecule has 26 heavy (non-hydrogen) atoms. The lowest BCUT2D eigenvalue weighted by Gasteiger charge is -2.10. The minimum absolute atomic E-state index is 0.0265. The summed E-state index contributed by atoms with van der Waals surface area (Å²) in [5, 5.41) is 5.84. The van der Waals surface area contributed by atoms with Crippen LogP contribution in [0.25, 0.3) is 17.0 Å². The number of ether oxygens (including phenoxy) is 1. The van der Waals surface area contributed by atoms with Crippen LogP contribution in [-0.2, 0) is 23.2 Å². The lowest BCUT2D eigenvalue weighted by Crippen LogP contribution is -2.04. The number of hydrogen-bond donors (Lipinski definition) is 0. The highest BCUT2D eigenvalue weighted by atomic mass is 35.5. The van der Waals surface area contributed by atoms with Crippen LogP contribution < -0.4 is 0 Å². The van der Waals surface area contributed by atoms with Gasteiger partial charge >= 0.3 is 5.97 Å². The molecule has 0 amide bonds. The topological polar surface area (TPSA) is 57.0 Å². The first-order valence-corrected chi connectivity index (χ1v) is 8.65. The van der Waals surface area contributed by atoms with Gasteiger partial charge in [0.2, 0.25) is 0 Å². The molecule has 0 bridgehead atoms. The summed E-state index contributed by atoms with van der Waals surface area (Å²) >= 11 is 6.39. The quantitative estimate of drug-likeness (QED) is 0.508. The minimum Gasteiger partial charge on any atom is -0.456 e. The highest BCUT2D eigenvalue weighted by Gasteiger charge is 2.12. The fourth-order valence-corrected chi connectivity index (χ4v) is 3.08. The van der Waals surface area contributed by atoms with Gasteiger partial charge in [0, 0.05) is 29.8 Å². The van der Waals surface area contributed by atoms with E-state index < -0.39 is 5.97 Å². The zero-order chi connectivity index (χ0) is 18.8. The summed E-state index contributed by atoms with van der Waals surface area (Å²) in [7, 11) is 1.87. The second-order valence-electron chi connectivity index (χ2n) is 6.16. The third kappa shape index (κ3) is 3.48. The van der Waals surface area contributed by atoms with E-state index in [4.69, 9.17) is 16.3 Å². The number of hydrogen-bond acceptors (Lipinski definition) is 4. The number of carbonyl (C=O) groups excluding carboxylic acids is 1. The number of nitrogens with zero attached hydrogens (tertiary/aromatic N) is 3. The summed E-state index contributed by atoms with van der Waals surface area (Å²) in [6.45, 7) is 5.82. The molecule has 0 unspecified atom stereocenters. The van der Waals surface area contributed by atoms with Crippen LogP contribution >= 0.6 is 11.6 Å². The molecular weight excluding hydrogens is 350 g/mol. The second-order valence-corrected chi connectivity index (χ2v) is 6.54. The smallest absolute Gasteiger partial charge is 0.331 e. The van der Waals surface area contributed by atoms with Crippen molar-refractivity contribution in [3.8, 4) is 0 Å². The molecule has 5 nitrogen and oxygen atoms in total. The van der Waals surface area contributed by atoms with Gasteiger partial charge in [-0.15, -0.1) is 0 Å². The molecule has 0 aliphatic carbocycles. The maximum atomic E-state index is 12.1. The number of pyridine rings is 1. The number of aromatic nitrogens is 3. The summed E-state index contributed by atoms with van der Waals surface area (Å²) in [4.78, 5) is 16.6. The molecule has 0 fully saturated rings. The van der Waals surface area contributed by atoms with Gasteiger partial charge in [-0.1, -0.05) is 29.8 Å². The summed E-state index contributed by atoms with van der Waals surface area (Å²) in [5.41, 5.74) is 5.09. The van der Waals surface area contributed by atoms with Crippen molar-refractivity contribution in [2.45, 2.75) is 27.4 Å². The van der Waals surface area contributed by atoms with Crippen LogP contribution in [-0.4, -0.2) is 20.7 Å². The van der Waals surface area contributed by atoms with E-state index in [1.54, 1.807) is 10.8 Å². The first-order chi connectivity index (χ1) is 12.4. The molecule has 134 valence electrons. The van der Waals surface area contributed by atoms with Crippen LogP contribution in [0.1, 0.15) is 28.2 Å². The third-order valence-corrected chi connectivity index (χ3v) is 4.95. The summed E-state index contributed by atoms with van der Waals surface area (Å²) in [6, 6.07) is 7.75. The van der Waals surface area contributed by atoms with E-state index >= 15 is 0 Å². The number of benzene rings is 1. The maximum absolute atomic E-state index is 12.1. The van der Waals surface area contributed by atoms with E-state index in [1.807, 2.05) is 52.1 Å². The van der Waals surface area contributed by atoms with E-state index in [0.717, 1.165) is 33.4 Å². The fraction of sp³-hybridized carbons (Fsp3) is 0.250. The Hall–Kier alpha value is -2.66. The van der Waals surface area contributed by atoms with Gasteiger partial charge in [-0.25, -0.2) is 9.78 Å². The van der Waals surface area contributed by atoms with Crippen LogP contribution in [0, 0.1) is 20.8 Å². The minimum atomic E-state index is -0.448. The molecule has 2 aromatic heterocycles. The van der Waals surface area contributed by atoms with Crippen molar-refractivity contribution in [1.29, 1.82) is 0 Å². The molecule has 1 aromatic carbocycles. The molecule has 0 spiro atoms. The molecule has 0 radical (unpaired) electrons. The molecule has 6 heteroatoms. The van der Waals surface area contributed by atoms with Crippen LogP contribution in [0.2, 0.25) is 5.02 Å². The monoisotopic (exact) mass is 369 g/mol. The molecule has 2 heterocycles. The van der Waals surface area contributed by atoms with Gasteiger partial charge in [0.15, 0.2) is 0 Å². The maximum Gasteiger partial charge on any atom is 0.331 e. The van der Waals surface area contributed by atoms with Gasteiger partial charge in [0.25, 0.3) is 0 Å². The molecule has 3 rings (SSSR count). The third-order valence-electron chi connectivity index (χ3n) is 4.45. The standard InChI is InChI=1S/C20H20ClN3O2/c1-12-15-7-5-6-8-17(15)22-18(20(12)21)11-26-19(25)10-9-16-13(2)23-24(4)14(16)3/h5-10H,11H2,1-4H3. The van der Waals surface area contributed by atoms with E-state index in [2.05, 4.69) is 10.1 Å². The lowest BCUT2D eigenvalue weighted by molar-refractivity contribution is -0.139. The number of esters is 1. The first-order valence-electron chi connectivity index (χ1n) is 8.27. The Bertz CT molecular complexity index is 1020. The lowest BCUT2D eigenvalue weighted by atomic mass is 10.1. The van der Waals surface area contributed by atoms with Crippen molar-refractivity contribution in [2.24, 2.45) is 7.05 Å². The van der Waals surface area contributed by atoms with Crippen molar-refractivity contribution >= 4 is 34.5 Å². The van der Waals surface area contributed by atoms with Crippen molar-refractivity contribution in [2.75, 3.05) is 0 Å². The van der Waals surface area contributed by atoms with Crippen molar-refractivity contribution < 1.29 is 9.53 Å². The van der Waals surface area contributed by atoms with Gasteiger partial charge in [-0.2, -0.15) is 5.10 Å². The van der Waals surface area contributed by atoms with Gasteiger partial charge in [-0.05, 0) is 38.5 Å². The second kappa shape index (κ2) is 7.30. The molecule has 3 aromatic rings. The molecule has 0 aliphatic rings. The van der Waals surface area contributed by atoms with Crippen molar-refractivity contribution in [1.82, 2.24) is 14.8 Å². The molecule has 0 saturated heterocycles. The van der Waals surface area contributed by atoms with Gasteiger partial charge in [0.1, 0.15) is 6.61 Å². The van der Waals surface area contributed by atoms with E-state index in [0.29, 0.717) is 10.7 Å². The fourth-order valence-electron chi connectivity index (χ4n) is 2.88. The van der Waals surface area contributed by atoms with Crippen LogP contribution in [0.3, 0.4) is 0 Å². The Morgan fingerprint density at radius 2 is 2.00 bits per heavy atom. The Morgan fingerprint density at radius 1 is 1.27 bits per heavy atom. The zero-order valence-corrected chi connectivity index (χ0v) is 16.0. The SMILES string of the molecule is Cc1nn(C)c(C)c1C=CC(=O)OCc1nc2ccccc2c(C)c1Cl. The molecule has 0 aliphatic heterocycles. The van der Waals surface area contributed by atoms with E-state index in [-0.39, 0.29) is 6.61 Å². The Morgan fingerprint density at radius 3 is 2.69 bits per heavy atom. The predicted molar refractivity (Wildman–Crippen MR) is 103 cm³/mol. The Kier molecular flexibility index (Phi) is 5.09. The highest BCUT2D eigenvalue weighted by Crippen LogP contribution is 2.27. The van der Waals surface area contributed by atoms with Gasteiger partial charge in [-0.3, -0.25) is 4.68 Å². The predicted octanol–water partition coefficient (Wildman–Crippen LogP) is 4.30. The average molecular weight is 370 g/mol. The number of aryl methyl sites for hydroxylation is 3. The molecule has 0 saturated carbocycles. The highest BCUT2D eigenvalue weighted by molar-refractivity contribution is 6.32. The first kappa shape index (κ1) is 18.1. The Balaban J connectivity index is 1.75. The normalized spacial score (nSPS) is 11.4. The number of fused-ring (bicyclic) bond motifs is 1. The number of halogens is 1. The van der Waals surface area contributed by atoms with Crippen LogP contribution in [0.4, 0.5) is 0 Å². The van der Waals surface area contributed by atoms with E-state index in [1.165, 1.54) is 6.08 Å². The van der Waals surface area contributed by atoms with Gasteiger partial charge in [0.05, 0.1) is 21.9 Å². The van der Waals surface area contributed by atoms with E-state index in [9.17, 15) is 4.79 Å². The number of rotatable bonds is 4. The summed E-state index contributed by atoms with van der Waals surface area (Å²) in [5.74, 6) is -0.448. The zero-order valence-electron chi connectivity index (χ0n) is 15.2. The largest absolute Gasteiger partial charge is 0.456 e. The Labute approximate surface area is 157 Å². The van der Waals surface area contributed by atoms with Crippen molar-refractivity contribution in [3.63, 3.8) is 0 Å².